The van der Waals surface area contributed by atoms with Crippen molar-refractivity contribution in [2.24, 2.45) is 0 Å². The molecule has 0 aliphatic heterocycles. The molecule has 160 valence electrons. The Kier molecular flexibility index (Phi) is 6.74. The van der Waals surface area contributed by atoms with Crippen LogP contribution in [0.3, 0.4) is 0 Å². The van der Waals surface area contributed by atoms with Crippen LogP contribution in [0.2, 0.25) is 0 Å². The zero-order valence-corrected chi connectivity index (χ0v) is 19.1. The molecule has 1 amide bonds. The van der Waals surface area contributed by atoms with Gasteiger partial charge in [-0.25, -0.2) is 13.4 Å². The summed E-state index contributed by atoms with van der Waals surface area (Å²) in [5, 5.41) is 0.522. The number of sulfone groups is 1. The van der Waals surface area contributed by atoms with E-state index in [4.69, 9.17) is 4.74 Å². The molecule has 3 rings (SSSR count). The maximum Gasteiger partial charge on any atom is 0.261 e. The summed E-state index contributed by atoms with van der Waals surface area (Å²) in [5.74, 6) is 0.259. The molecule has 0 aliphatic carbocycles. The second-order valence-corrected chi connectivity index (χ2v) is 10.2. The summed E-state index contributed by atoms with van der Waals surface area (Å²) in [7, 11) is 1.89. The van der Waals surface area contributed by atoms with Crippen molar-refractivity contribution in [1.82, 2.24) is 9.88 Å². The molecule has 3 aromatic rings. The number of hydrogen-bond donors (Lipinski definition) is 0. The summed E-state index contributed by atoms with van der Waals surface area (Å²) < 4.78 is 31.3. The quantitative estimate of drug-likeness (QED) is 0.527. The second kappa shape index (κ2) is 9.11. The molecule has 2 aromatic carbocycles. The zero-order valence-electron chi connectivity index (χ0n) is 17.5. The van der Waals surface area contributed by atoms with Crippen molar-refractivity contribution in [3.05, 3.63) is 48.0 Å². The monoisotopic (exact) mass is 447 g/mol. The third-order valence-corrected chi connectivity index (χ3v) is 7.49. The maximum atomic E-state index is 13.5. The largest absolute Gasteiger partial charge is 0.497 e. The van der Waals surface area contributed by atoms with Gasteiger partial charge in [0.2, 0.25) is 0 Å². The van der Waals surface area contributed by atoms with Crippen LogP contribution >= 0.6 is 11.3 Å². The van der Waals surface area contributed by atoms with Crippen LogP contribution in [0.4, 0.5) is 5.13 Å². The second-order valence-electron chi connectivity index (χ2n) is 6.99. The fourth-order valence-electron chi connectivity index (χ4n) is 2.93. The number of aromatic nitrogens is 1. The molecule has 30 heavy (non-hydrogen) atoms. The Hall–Kier alpha value is -2.49. The van der Waals surface area contributed by atoms with E-state index in [0.29, 0.717) is 24.0 Å². The van der Waals surface area contributed by atoms with E-state index in [0.717, 1.165) is 10.2 Å². The predicted octanol–water partition coefficient (Wildman–Crippen LogP) is 3.31. The molecule has 0 radical (unpaired) electrons. The van der Waals surface area contributed by atoms with Crippen LogP contribution in [0.25, 0.3) is 10.2 Å². The van der Waals surface area contributed by atoms with Crippen molar-refractivity contribution in [2.45, 2.75) is 11.8 Å². The van der Waals surface area contributed by atoms with Gasteiger partial charge >= 0.3 is 0 Å². The van der Waals surface area contributed by atoms with Gasteiger partial charge in [0.25, 0.3) is 5.91 Å². The SMILES string of the molecule is CCS(=O)(=O)c1ccccc1C(=O)N(CCN(C)C)c1nc2ccc(OC)cc2s1. The number of amides is 1. The van der Waals surface area contributed by atoms with E-state index < -0.39 is 9.84 Å². The molecule has 0 unspecified atom stereocenters. The number of anilines is 1. The van der Waals surface area contributed by atoms with Crippen LogP contribution in [0.1, 0.15) is 17.3 Å². The lowest BCUT2D eigenvalue weighted by Gasteiger charge is -2.23. The lowest BCUT2D eigenvalue weighted by Crippen LogP contribution is -2.37. The predicted molar refractivity (Wildman–Crippen MR) is 121 cm³/mol. The number of nitrogens with zero attached hydrogens (tertiary/aromatic N) is 3. The summed E-state index contributed by atoms with van der Waals surface area (Å²) in [6, 6.07) is 11.9. The first-order chi connectivity index (χ1) is 14.3. The molecule has 0 N–H and O–H groups in total. The van der Waals surface area contributed by atoms with Gasteiger partial charge in [0.05, 0.1) is 33.5 Å². The van der Waals surface area contributed by atoms with Crippen molar-refractivity contribution in [2.75, 3.05) is 44.9 Å². The van der Waals surface area contributed by atoms with Crippen molar-refractivity contribution in [1.29, 1.82) is 0 Å². The Bertz CT molecular complexity index is 1160. The van der Waals surface area contributed by atoms with Gasteiger partial charge in [0.1, 0.15) is 5.75 Å². The average molecular weight is 448 g/mol. The lowest BCUT2D eigenvalue weighted by atomic mass is 10.2. The van der Waals surface area contributed by atoms with Crippen molar-refractivity contribution < 1.29 is 17.9 Å². The van der Waals surface area contributed by atoms with Crippen LogP contribution in [0.15, 0.2) is 47.4 Å². The number of likely N-dealkylation sites (N-methyl/N-ethyl adjacent to an activating group) is 1. The average Bonchev–Trinajstić information content (AvgIpc) is 3.16. The third-order valence-electron chi connectivity index (χ3n) is 4.66. The molecule has 0 atom stereocenters. The lowest BCUT2D eigenvalue weighted by molar-refractivity contribution is 0.0982. The molecule has 9 heteroatoms. The Morgan fingerprint density at radius 3 is 2.53 bits per heavy atom. The molecule has 0 saturated carbocycles. The van der Waals surface area contributed by atoms with E-state index in [9.17, 15) is 13.2 Å². The maximum absolute atomic E-state index is 13.5. The number of hydrogen-bond acceptors (Lipinski definition) is 7. The van der Waals surface area contributed by atoms with Gasteiger partial charge in [-0.3, -0.25) is 9.69 Å². The minimum absolute atomic E-state index is 0.0510. The van der Waals surface area contributed by atoms with Gasteiger partial charge in [0.15, 0.2) is 15.0 Å². The molecular weight excluding hydrogens is 422 g/mol. The summed E-state index contributed by atoms with van der Waals surface area (Å²) >= 11 is 1.37. The number of carbonyl (C=O) groups is 1. The minimum atomic E-state index is -3.55. The molecule has 0 fully saturated rings. The van der Waals surface area contributed by atoms with Crippen LogP contribution in [0.5, 0.6) is 5.75 Å². The first kappa shape index (κ1) is 22.2. The van der Waals surface area contributed by atoms with Crippen LogP contribution < -0.4 is 9.64 Å². The van der Waals surface area contributed by atoms with Gasteiger partial charge in [-0.2, -0.15) is 0 Å². The van der Waals surface area contributed by atoms with Crippen LogP contribution in [-0.4, -0.2) is 64.3 Å². The number of thiazole rings is 1. The summed E-state index contributed by atoms with van der Waals surface area (Å²) in [4.78, 5) is 21.7. The van der Waals surface area contributed by atoms with Gasteiger partial charge in [0, 0.05) is 13.1 Å². The number of benzene rings is 2. The highest BCUT2D eigenvalue weighted by atomic mass is 32.2. The number of methoxy groups -OCH3 is 1. The van der Waals surface area contributed by atoms with Crippen molar-refractivity contribution in [3.8, 4) is 5.75 Å². The number of fused-ring (bicyclic) bond motifs is 1. The molecule has 1 heterocycles. The van der Waals surface area contributed by atoms with Gasteiger partial charge in [-0.05, 0) is 44.4 Å². The highest BCUT2D eigenvalue weighted by Crippen LogP contribution is 2.32. The minimum Gasteiger partial charge on any atom is -0.497 e. The molecule has 0 bridgehead atoms. The van der Waals surface area contributed by atoms with E-state index in [1.807, 2.05) is 37.2 Å². The molecule has 7 nitrogen and oxygen atoms in total. The normalized spacial score (nSPS) is 11.8. The van der Waals surface area contributed by atoms with E-state index in [2.05, 4.69) is 4.98 Å². The topological polar surface area (TPSA) is 79.8 Å². The van der Waals surface area contributed by atoms with Crippen molar-refractivity contribution >= 4 is 42.4 Å². The Labute approximate surface area is 180 Å². The summed E-state index contributed by atoms with van der Waals surface area (Å²) in [6.07, 6.45) is 0. The van der Waals surface area contributed by atoms with E-state index in [1.54, 1.807) is 37.1 Å². The fourth-order valence-corrected chi connectivity index (χ4v) is 5.04. The van der Waals surface area contributed by atoms with Gasteiger partial charge in [-0.1, -0.05) is 30.4 Å². The van der Waals surface area contributed by atoms with E-state index >= 15 is 0 Å². The van der Waals surface area contributed by atoms with Crippen molar-refractivity contribution in [3.63, 3.8) is 0 Å². The smallest absolute Gasteiger partial charge is 0.261 e. The summed E-state index contributed by atoms with van der Waals surface area (Å²) in [6.45, 7) is 2.55. The van der Waals surface area contributed by atoms with Gasteiger partial charge < -0.3 is 9.64 Å². The number of carbonyl (C=O) groups excluding carboxylic acids is 1. The molecule has 1 aromatic heterocycles. The molecular formula is C21H25N3O4S2. The Balaban J connectivity index is 2.08. The summed E-state index contributed by atoms with van der Waals surface area (Å²) in [5.41, 5.74) is 0.919. The Morgan fingerprint density at radius 1 is 1.13 bits per heavy atom. The van der Waals surface area contributed by atoms with E-state index in [1.165, 1.54) is 17.4 Å². The number of ether oxygens (including phenoxy) is 1. The van der Waals surface area contributed by atoms with E-state index in [-0.39, 0.29) is 22.1 Å². The zero-order chi connectivity index (χ0) is 21.9. The fraction of sp³-hybridized carbons (Fsp3) is 0.333. The van der Waals surface area contributed by atoms with Crippen LogP contribution in [0, 0.1) is 0 Å². The Morgan fingerprint density at radius 2 is 1.87 bits per heavy atom. The molecule has 0 spiro atoms. The standard InChI is InChI=1S/C21H25N3O4S2/c1-5-30(26,27)19-9-7-6-8-16(19)20(25)24(13-12-23(2)3)21-22-17-11-10-15(28-4)14-18(17)29-21/h6-11,14H,5,12-13H2,1-4H3. The first-order valence-electron chi connectivity index (χ1n) is 9.49. The number of rotatable bonds is 8. The van der Waals surface area contributed by atoms with Crippen LogP contribution in [-0.2, 0) is 9.84 Å². The molecule has 0 saturated heterocycles. The third kappa shape index (κ3) is 4.63. The highest BCUT2D eigenvalue weighted by molar-refractivity contribution is 7.91. The van der Waals surface area contributed by atoms with Gasteiger partial charge in [-0.15, -0.1) is 0 Å². The first-order valence-corrected chi connectivity index (χ1v) is 12.0. The molecule has 0 aliphatic rings. The highest BCUT2D eigenvalue weighted by Gasteiger charge is 2.27.